The number of rotatable bonds is 5. The highest BCUT2D eigenvalue weighted by Gasteiger charge is 2.23. The van der Waals surface area contributed by atoms with Crippen molar-refractivity contribution in [2.45, 2.75) is 31.9 Å². The Morgan fingerprint density at radius 3 is 2.90 bits per heavy atom. The lowest BCUT2D eigenvalue weighted by atomic mass is 10.0. The Balaban J connectivity index is 1.59. The van der Waals surface area contributed by atoms with E-state index >= 15 is 0 Å². The van der Waals surface area contributed by atoms with Gasteiger partial charge in [0.2, 0.25) is 0 Å². The maximum Gasteiger partial charge on any atom is 0.127 e. The van der Waals surface area contributed by atoms with Crippen molar-refractivity contribution in [2.75, 3.05) is 32.8 Å². The van der Waals surface area contributed by atoms with Crippen molar-refractivity contribution in [3.63, 3.8) is 0 Å². The number of fused-ring (bicyclic) bond motifs is 1. The first-order valence-electron chi connectivity index (χ1n) is 7.74. The van der Waals surface area contributed by atoms with Crippen molar-refractivity contribution in [3.05, 3.63) is 28.3 Å². The third-order valence-electron chi connectivity index (χ3n) is 4.23. The summed E-state index contributed by atoms with van der Waals surface area (Å²) in [4.78, 5) is 2.45. The number of piperidine rings is 1. The highest BCUT2D eigenvalue weighted by atomic mass is 35.5. The highest BCUT2D eigenvalue weighted by Crippen LogP contribution is 2.34. The molecule has 2 aliphatic heterocycles. The standard InChI is InChI=1S/C16H23ClN2O2/c17-14-9-12-3-7-21-16(12)13(10-14)11-19-5-1-15(2-6-19)20-8-4-18/h9-10,15H,1-8,11,18H2. The lowest BCUT2D eigenvalue weighted by Gasteiger charge is -2.32. The summed E-state index contributed by atoms with van der Waals surface area (Å²) in [7, 11) is 0. The Bertz CT molecular complexity index is 487. The van der Waals surface area contributed by atoms with Gasteiger partial charge in [0.15, 0.2) is 0 Å². The van der Waals surface area contributed by atoms with Crippen LogP contribution in [0.25, 0.3) is 0 Å². The topological polar surface area (TPSA) is 47.7 Å². The summed E-state index contributed by atoms with van der Waals surface area (Å²) in [5.74, 6) is 1.06. The summed E-state index contributed by atoms with van der Waals surface area (Å²) in [5, 5.41) is 0.815. The predicted octanol–water partition coefficient (Wildman–Crippen LogP) is 2.21. The first-order valence-corrected chi connectivity index (χ1v) is 8.12. The first-order chi connectivity index (χ1) is 10.3. The van der Waals surface area contributed by atoms with E-state index < -0.39 is 0 Å². The van der Waals surface area contributed by atoms with Gasteiger partial charge in [0.25, 0.3) is 0 Å². The van der Waals surface area contributed by atoms with Crippen molar-refractivity contribution < 1.29 is 9.47 Å². The van der Waals surface area contributed by atoms with E-state index in [0.29, 0.717) is 19.3 Å². The van der Waals surface area contributed by atoms with E-state index in [9.17, 15) is 0 Å². The number of halogens is 1. The van der Waals surface area contributed by atoms with Crippen LogP contribution in [0.4, 0.5) is 0 Å². The second-order valence-electron chi connectivity index (χ2n) is 5.79. The number of likely N-dealkylation sites (tertiary alicyclic amines) is 1. The quantitative estimate of drug-likeness (QED) is 0.906. The van der Waals surface area contributed by atoms with Crippen LogP contribution in [0.2, 0.25) is 5.02 Å². The van der Waals surface area contributed by atoms with Gasteiger partial charge >= 0.3 is 0 Å². The zero-order chi connectivity index (χ0) is 14.7. The molecule has 116 valence electrons. The second-order valence-corrected chi connectivity index (χ2v) is 6.22. The van der Waals surface area contributed by atoms with Gasteiger partial charge < -0.3 is 15.2 Å². The molecule has 4 nitrogen and oxygen atoms in total. The zero-order valence-corrected chi connectivity index (χ0v) is 13.1. The molecule has 0 amide bonds. The third-order valence-corrected chi connectivity index (χ3v) is 4.44. The van der Waals surface area contributed by atoms with E-state index in [1.807, 2.05) is 12.1 Å². The fourth-order valence-electron chi connectivity index (χ4n) is 3.17. The van der Waals surface area contributed by atoms with Crippen LogP contribution in [0.1, 0.15) is 24.0 Å². The fourth-order valence-corrected chi connectivity index (χ4v) is 3.44. The maximum atomic E-state index is 6.22. The van der Waals surface area contributed by atoms with Crippen LogP contribution in [0, 0.1) is 0 Å². The molecule has 2 N–H and O–H groups in total. The largest absolute Gasteiger partial charge is 0.493 e. The number of ether oxygens (including phenoxy) is 2. The van der Waals surface area contributed by atoms with Gasteiger partial charge in [-0.15, -0.1) is 0 Å². The van der Waals surface area contributed by atoms with Crippen LogP contribution in [0.15, 0.2) is 12.1 Å². The minimum atomic E-state index is 0.367. The Morgan fingerprint density at radius 2 is 2.14 bits per heavy atom. The van der Waals surface area contributed by atoms with Crippen LogP contribution in [0.3, 0.4) is 0 Å². The molecule has 0 atom stereocenters. The number of benzene rings is 1. The molecular formula is C16H23ClN2O2. The molecule has 1 saturated heterocycles. The smallest absolute Gasteiger partial charge is 0.127 e. The van der Waals surface area contributed by atoms with Gasteiger partial charge in [0.05, 0.1) is 19.3 Å². The molecule has 3 rings (SSSR count). The summed E-state index contributed by atoms with van der Waals surface area (Å²) in [5.41, 5.74) is 7.95. The molecule has 0 aliphatic carbocycles. The lowest BCUT2D eigenvalue weighted by molar-refractivity contribution is 0.00967. The van der Waals surface area contributed by atoms with Crippen molar-refractivity contribution in [2.24, 2.45) is 5.73 Å². The van der Waals surface area contributed by atoms with E-state index in [0.717, 1.165) is 56.3 Å². The molecule has 1 aromatic carbocycles. The number of nitrogens with zero attached hydrogens (tertiary/aromatic N) is 1. The van der Waals surface area contributed by atoms with E-state index in [1.54, 1.807) is 0 Å². The van der Waals surface area contributed by atoms with Crippen LogP contribution in [-0.2, 0) is 17.7 Å². The molecule has 0 saturated carbocycles. The molecule has 0 radical (unpaired) electrons. The van der Waals surface area contributed by atoms with E-state index in [-0.39, 0.29) is 0 Å². The molecule has 1 fully saturated rings. The van der Waals surface area contributed by atoms with Crippen molar-refractivity contribution in [3.8, 4) is 5.75 Å². The molecule has 21 heavy (non-hydrogen) atoms. The van der Waals surface area contributed by atoms with Crippen molar-refractivity contribution in [1.82, 2.24) is 4.90 Å². The average molecular weight is 311 g/mol. The Morgan fingerprint density at radius 1 is 1.33 bits per heavy atom. The molecule has 0 aromatic heterocycles. The molecule has 2 heterocycles. The number of hydrogen-bond acceptors (Lipinski definition) is 4. The molecule has 1 aromatic rings. The van der Waals surface area contributed by atoms with Gasteiger partial charge in [-0.05, 0) is 30.5 Å². The SMILES string of the molecule is NCCOC1CCN(Cc2cc(Cl)cc3c2OCC3)CC1. The highest BCUT2D eigenvalue weighted by molar-refractivity contribution is 6.30. The minimum Gasteiger partial charge on any atom is -0.493 e. The minimum absolute atomic E-state index is 0.367. The van der Waals surface area contributed by atoms with Gasteiger partial charge in [0.1, 0.15) is 5.75 Å². The summed E-state index contributed by atoms with van der Waals surface area (Å²) in [6.45, 7) is 5.06. The fraction of sp³-hybridized carbons (Fsp3) is 0.625. The maximum absolute atomic E-state index is 6.22. The second kappa shape index (κ2) is 6.97. The summed E-state index contributed by atoms with van der Waals surface area (Å²) in [6.07, 6.45) is 3.48. The molecule has 2 aliphatic rings. The van der Waals surface area contributed by atoms with Crippen LogP contribution in [-0.4, -0.2) is 43.9 Å². The van der Waals surface area contributed by atoms with Gasteiger partial charge in [-0.2, -0.15) is 0 Å². The third kappa shape index (κ3) is 3.69. The molecule has 5 heteroatoms. The zero-order valence-electron chi connectivity index (χ0n) is 12.3. The summed E-state index contributed by atoms with van der Waals surface area (Å²) >= 11 is 6.22. The summed E-state index contributed by atoms with van der Waals surface area (Å²) in [6, 6.07) is 4.07. The van der Waals surface area contributed by atoms with Gasteiger partial charge in [-0.25, -0.2) is 0 Å². The van der Waals surface area contributed by atoms with Gasteiger partial charge in [0, 0.05) is 43.2 Å². The Kier molecular flexibility index (Phi) is 5.01. The average Bonchev–Trinajstić information content (AvgIpc) is 2.95. The predicted molar refractivity (Wildman–Crippen MR) is 84.0 cm³/mol. The Hall–Kier alpha value is -0.810. The molecule has 0 unspecified atom stereocenters. The number of hydrogen-bond donors (Lipinski definition) is 1. The van der Waals surface area contributed by atoms with E-state index in [1.165, 1.54) is 11.1 Å². The van der Waals surface area contributed by atoms with Gasteiger partial charge in [-0.1, -0.05) is 11.6 Å². The monoisotopic (exact) mass is 310 g/mol. The summed E-state index contributed by atoms with van der Waals surface area (Å²) < 4.78 is 11.5. The first kappa shape index (κ1) is 15.1. The number of nitrogens with two attached hydrogens (primary N) is 1. The molecule has 0 bridgehead atoms. The van der Waals surface area contributed by atoms with E-state index in [2.05, 4.69) is 4.90 Å². The van der Waals surface area contributed by atoms with Crippen molar-refractivity contribution >= 4 is 11.6 Å². The molecular weight excluding hydrogens is 288 g/mol. The van der Waals surface area contributed by atoms with E-state index in [4.69, 9.17) is 26.8 Å². The molecule has 0 spiro atoms. The van der Waals surface area contributed by atoms with Crippen LogP contribution < -0.4 is 10.5 Å². The van der Waals surface area contributed by atoms with Crippen molar-refractivity contribution in [1.29, 1.82) is 0 Å². The Labute approximate surface area is 131 Å². The van der Waals surface area contributed by atoms with Crippen LogP contribution >= 0.6 is 11.6 Å². The normalized spacial score (nSPS) is 19.5. The lowest BCUT2D eigenvalue weighted by Crippen LogP contribution is -2.37. The van der Waals surface area contributed by atoms with Crippen LogP contribution in [0.5, 0.6) is 5.75 Å². The van der Waals surface area contributed by atoms with Gasteiger partial charge in [-0.3, -0.25) is 4.90 Å².